The minimum absolute atomic E-state index is 2.89. The van der Waals surface area contributed by atoms with Gasteiger partial charge in [-0.05, 0) is 0 Å². The van der Waals surface area contributed by atoms with Crippen LogP contribution >= 0.6 is 0 Å². The summed E-state index contributed by atoms with van der Waals surface area (Å²) < 4.78 is 0. The molecule has 0 aliphatic carbocycles. The molecule has 0 aliphatic heterocycles. The molecule has 8 heteroatoms. The molecule has 0 aromatic heterocycles. The lowest BCUT2D eigenvalue weighted by atomic mass is 13.8. The highest BCUT2D eigenvalue weighted by molar-refractivity contribution is 7.35. The van der Waals surface area contributed by atoms with E-state index < -0.39 is 16.2 Å². The standard InChI is InChI=1S/H12N6Si2/c1-7(2,3)8(4,5)6/h1-6H2. The van der Waals surface area contributed by atoms with Crippen molar-refractivity contribution in [3.8, 4) is 0 Å². The highest BCUT2D eigenvalue weighted by Crippen LogP contribution is 1.72. The largest absolute Gasteiger partial charge is 0.326 e. The Labute approximate surface area is 49.4 Å². The molecule has 0 amide bonds. The summed E-state index contributed by atoms with van der Waals surface area (Å²) in [4.78, 5) is 0. The second-order valence-electron chi connectivity index (χ2n) is 1.87. The molecule has 0 aromatic rings. The zero-order valence-electron chi connectivity index (χ0n) is 4.46. The molecule has 0 bridgehead atoms. The van der Waals surface area contributed by atoms with Crippen LogP contribution in [0.3, 0.4) is 0 Å². The molecule has 0 saturated heterocycles. The van der Waals surface area contributed by atoms with Gasteiger partial charge < -0.3 is 32.4 Å². The molecule has 0 aromatic carbocycles. The van der Waals surface area contributed by atoms with Crippen molar-refractivity contribution < 1.29 is 0 Å². The maximum absolute atomic E-state index is 5.19. The Bertz CT molecular complexity index is 61.5. The van der Waals surface area contributed by atoms with Crippen molar-refractivity contribution in [1.29, 1.82) is 0 Å². The van der Waals surface area contributed by atoms with E-state index in [2.05, 4.69) is 0 Å². The third-order valence-electron chi connectivity index (χ3n) is 0.750. The Hall–Kier alpha value is 0.194. The smallest absolute Gasteiger partial charge is 0.310 e. The van der Waals surface area contributed by atoms with Crippen molar-refractivity contribution >= 4 is 16.2 Å². The molecule has 0 rings (SSSR count). The monoisotopic (exact) mass is 152 g/mol. The fourth-order valence-electron chi connectivity index (χ4n) is 0. The van der Waals surface area contributed by atoms with Crippen molar-refractivity contribution in [3.63, 3.8) is 0 Å². The molecule has 0 saturated carbocycles. The normalized spacial score (nSPS) is 14.2. The van der Waals surface area contributed by atoms with Gasteiger partial charge in [0.2, 0.25) is 0 Å². The lowest BCUT2D eigenvalue weighted by Crippen LogP contribution is -2.94. The molecule has 8 heavy (non-hydrogen) atoms. The van der Waals surface area contributed by atoms with Crippen LogP contribution < -0.4 is 32.4 Å². The van der Waals surface area contributed by atoms with Crippen molar-refractivity contribution in [2.75, 3.05) is 0 Å². The Morgan fingerprint density at radius 1 is 0.500 bits per heavy atom. The second-order valence-corrected chi connectivity index (χ2v) is 10.8. The maximum Gasteiger partial charge on any atom is 0.310 e. The first-order valence-corrected chi connectivity index (χ1v) is 7.45. The van der Waals surface area contributed by atoms with Crippen LogP contribution in [0.15, 0.2) is 0 Å². The van der Waals surface area contributed by atoms with Crippen molar-refractivity contribution in [2.24, 2.45) is 32.4 Å². The van der Waals surface area contributed by atoms with Gasteiger partial charge in [0.15, 0.2) is 0 Å². The van der Waals surface area contributed by atoms with Crippen molar-refractivity contribution in [2.45, 2.75) is 0 Å². The molecule has 6 nitrogen and oxygen atoms in total. The number of nitrogens with two attached hydrogens (primary N) is 6. The van der Waals surface area contributed by atoms with Gasteiger partial charge in [-0.25, -0.2) is 0 Å². The van der Waals surface area contributed by atoms with Crippen LogP contribution in [0, 0.1) is 0 Å². The fraction of sp³-hybridized carbons (Fsp3) is 0. The minimum atomic E-state index is -2.89. The van der Waals surface area contributed by atoms with E-state index in [1.165, 1.54) is 0 Å². The van der Waals surface area contributed by atoms with Crippen LogP contribution in [0.25, 0.3) is 0 Å². The molecular formula is H12N6Si2. The second kappa shape index (κ2) is 1.86. The minimum Gasteiger partial charge on any atom is -0.326 e. The van der Waals surface area contributed by atoms with Gasteiger partial charge in [0.1, 0.15) is 0 Å². The van der Waals surface area contributed by atoms with E-state index in [4.69, 9.17) is 32.4 Å². The first-order valence-electron chi connectivity index (χ1n) is 1.98. The number of rotatable bonds is 1. The van der Waals surface area contributed by atoms with E-state index in [0.717, 1.165) is 0 Å². The van der Waals surface area contributed by atoms with Gasteiger partial charge in [0, 0.05) is 0 Å². The first kappa shape index (κ1) is 8.19. The third-order valence-corrected chi connectivity index (χ3v) is 6.75. The van der Waals surface area contributed by atoms with Crippen LogP contribution in [-0.2, 0) is 0 Å². The summed E-state index contributed by atoms with van der Waals surface area (Å²) in [6, 6.07) is 0. The van der Waals surface area contributed by atoms with Crippen molar-refractivity contribution in [1.82, 2.24) is 0 Å². The molecule has 0 unspecified atom stereocenters. The average molecular weight is 152 g/mol. The molecule has 0 fully saturated rings. The summed E-state index contributed by atoms with van der Waals surface area (Å²) in [5.74, 6) is 0. The number of hydrogen-bond donors (Lipinski definition) is 6. The molecule has 0 radical (unpaired) electrons. The molecule has 0 heterocycles. The Morgan fingerprint density at radius 3 is 0.625 bits per heavy atom. The Morgan fingerprint density at radius 2 is 0.625 bits per heavy atom. The van der Waals surface area contributed by atoms with Crippen LogP contribution in [0.5, 0.6) is 0 Å². The molecule has 12 N–H and O–H groups in total. The van der Waals surface area contributed by atoms with Gasteiger partial charge in [-0.15, -0.1) is 0 Å². The highest BCUT2D eigenvalue weighted by atomic mass is 29.3. The van der Waals surface area contributed by atoms with Gasteiger partial charge in [0.05, 0.1) is 0 Å². The van der Waals surface area contributed by atoms with E-state index in [9.17, 15) is 0 Å². The summed E-state index contributed by atoms with van der Waals surface area (Å²) in [7, 11) is -5.77. The van der Waals surface area contributed by atoms with E-state index in [0.29, 0.717) is 0 Å². The van der Waals surface area contributed by atoms with Crippen molar-refractivity contribution in [3.05, 3.63) is 0 Å². The fourth-order valence-corrected chi connectivity index (χ4v) is 0. The van der Waals surface area contributed by atoms with Gasteiger partial charge in [-0.2, -0.15) is 0 Å². The summed E-state index contributed by atoms with van der Waals surface area (Å²) in [5.41, 5.74) is 0. The van der Waals surface area contributed by atoms with Crippen LogP contribution in [0.4, 0.5) is 0 Å². The van der Waals surface area contributed by atoms with E-state index in [1.54, 1.807) is 0 Å². The summed E-state index contributed by atoms with van der Waals surface area (Å²) in [6.07, 6.45) is 0. The lowest BCUT2D eigenvalue weighted by Gasteiger charge is -2.25. The zero-order valence-corrected chi connectivity index (χ0v) is 6.46. The first-order chi connectivity index (χ1) is 3.25. The average Bonchev–Trinajstić information content (AvgIpc) is 1.25. The van der Waals surface area contributed by atoms with Crippen LogP contribution in [-0.4, -0.2) is 16.2 Å². The Balaban J connectivity index is 4.02. The topological polar surface area (TPSA) is 156 Å². The Kier molecular flexibility index (Phi) is 1.90. The van der Waals surface area contributed by atoms with Crippen LogP contribution in [0.1, 0.15) is 0 Å². The lowest BCUT2D eigenvalue weighted by molar-refractivity contribution is 1.37. The molecule has 0 atom stereocenters. The highest BCUT2D eigenvalue weighted by Gasteiger charge is 2.41. The predicted octanol–water partition coefficient (Wildman–Crippen LogP) is -4.31. The molecule has 0 spiro atoms. The van der Waals surface area contributed by atoms with E-state index in [1.807, 2.05) is 0 Å². The molecular weight excluding hydrogens is 140 g/mol. The summed E-state index contributed by atoms with van der Waals surface area (Å²) in [5, 5.41) is 31.2. The molecule has 0 aliphatic rings. The maximum atomic E-state index is 5.19. The number of hydrogen-bond acceptors (Lipinski definition) is 6. The van der Waals surface area contributed by atoms with Gasteiger partial charge in [-0.1, -0.05) is 0 Å². The van der Waals surface area contributed by atoms with E-state index >= 15 is 0 Å². The quantitative estimate of drug-likeness (QED) is 0.209. The summed E-state index contributed by atoms with van der Waals surface area (Å²) in [6.45, 7) is 0. The molecule has 50 valence electrons. The van der Waals surface area contributed by atoms with E-state index in [-0.39, 0.29) is 0 Å². The predicted molar refractivity (Wildman–Crippen MR) is 36.6 cm³/mol. The summed E-state index contributed by atoms with van der Waals surface area (Å²) >= 11 is 0. The van der Waals surface area contributed by atoms with Gasteiger partial charge in [0.25, 0.3) is 0 Å². The zero-order chi connectivity index (χ0) is 7.00. The van der Waals surface area contributed by atoms with Gasteiger partial charge >= 0.3 is 16.2 Å². The van der Waals surface area contributed by atoms with Crippen LogP contribution in [0.2, 0.25) is 0 Å². The SMILES string of the molecule is N[Si](N)(N)[Si](N)(N)N. The van der Waals surface area contributed by atoms with Gasteiger partial charge in [-0.3, -0.25) is 0 Å². The third kappa shape index (κ3) is 1.98.